The third-order valence-corrected chi connectivity index (χ3v) is 1.97. The third kappa shape index (κ3) is 3.32. The van der Waals surface area contributed by atoms with Gasteiger partial charge in [-0.3, -0.25) is 4.79 Å². The number of aromatic nitrogens is 1. The minimum Gasteiger partial charge on any atom is -0.469 e. The van der Waals surface area contributed by atoms with Crippen molar-refractivity contribution in [2.24, 2.45) is 7.05 Å². The normalized spacial score (nSPS) is 10.0. The molecule has 1 rings (SSSR count). The largest absolute Gasteiger partial charge is 0.469 e. The molecule has 0 saturated carbocycles. The number of ether oxygens (including phenoxy) is 1. The molecule has 0 aliphatic rings. The fourth-order valence-electron chi connectivity index (χ4n) is 1.25. The van der Waals surface area contributed by atoms with Gasteiger partial charge in [0.1, 0.15) is 0 Å². The number of nitrogens with zero attached hydrogens (tertiary/aromatic N) is 1. The Hall–Kier alpha value is -1.25. The Morgan fingerprint density at radius 1 is 1.62 bits per heavy atom. The summed E-state index contributed by atoms with van der Waals surface area (Å²) < 4.78 is 6.56. The zero-order chi connectivity index (χ0) is 9.68. The smallest absolute Gasteiger partial charge is 0.305 e. The van der Waals surface area contributed by atoms with Crippen LogP contribution in [-0.2, 0) is 23.0 Å². The van der Waals surface area contributed by atoms with Crippen LogP contribution in [0.4, 0.5) is 0 Å². The first-order chi connectivity index (χ1) is 6.22. The van der Waals surface area contributed by atoms with Crippen molar-refractivity contribution in [1.82, 2.24) is 4.57 Å². The highest BCUT2D eigenvalue weighted by molar-refractivity contribution is 5.69. The summed E-state index contributed by atoms with van der Waals surface area (Å²) in [7, 11) is 3.41. The second kappa shape index (κ2) is 4.70. The molecule has 0 N–H and O–H groups in total. The molecule has 72 valence electrons. The predicted octanol–water partition coefficient (Wildman–Crippen LogP) is 1.52. The molecule has 0 unspecified atom stereocenters. The molecule has 0 aliphatic carbocycles. The number of methoxy groups -OCH3 is 1. The number of esters is 1. The highest BCUT2D eigenvalue weighted by atomic mass is 16.5. The Morgan fingerprint density at radius 3 is 2.92 bits per heavy atom. The summed E-state index contributed by atoms with van der Waals surface area (Å²) in [6.45, 7) is 0. The summed E-state index contributed by atoms with van der Waals surface area (Å²) in [6, 6.07) is 2.07. The SMILES string of the molecule is COC(=O)CCCc1ccn(C)c1. The van der Waals surface area contributed by atoms with Gasteiger partial charge in [-0.2, -0.15) is 0 Å². The molecule has 0 amide bonds. The van der Waals surface area contributed by atoms with E-state index in [4.69, 9.17) is 0 Å². The van der Waals surface area contributed by atoms with Crippen LogP contribution in [0, 0.1) is 0 Å². The first-order valence-electron chi connectivity index (χ1n) is 4.40. The minimum absolute atomic E-state index is 0.129. The topological polar surface area (TPSA) is 31.2 Å². The number of aryl methyl sites for hydroxylation is 2. The summed E-state index contributed by atoms with van der Waals surface area (Å²) in [5, 5.41) is 0. The van der Waals surface area contributed by atoms with E-state index in [0.717, 1.165) is 12.8 Å². The number of rotatable bonds is 4. The fraction of sp³-hybridized carbons (Fsp3) is 0.500. The predicted molar refractivity (Wildman–Crippen MR) is 50.4 cm³/mol. The summed E-state index contributed by atoms with van der Waals surface area (Å²) in [4.78, 5) is 10.8. The average molecular weight is 181 g/mol. The molecule has 0 fully saturated rings. The van der Waals surface area contributed by atoms with Crippen molar-refractivity contribution < 1.29 is 9.53 Å². The molecule has 0 bridgehead atoms. The molecule has 0 aliphatic heterocycles. The van der Waals surface area contributed by atoms with Gasteiger partial charge in [0.2, 0.25) is 0 Å². The van der Waals surface area contributed by atoms with Gasteiger partial charge in [0.05, 0.1) is 7.11 Å². The van der Waals surface area contributed by atoms with Gasteiger partial charge >= 0.3 is 5.97 Å². The minimum atomic E-state index is -0.129. The molecule has 1 aromatic heterocycles. The van der Waals surface area contributed by atoms with Gasteiger partial charge in [-0.1, -0.05) is 0 Å². The molecule has 1 aromatic rings. The maximum atomic E-state index is 10.8. The first-order valence-corrected chi connectivity index (χ1v) is 4.40. The molecule has 0 aromatic carbocycles. The maximum absolute atomic E-state index is 10.8. The molecule has 3 heteroatoms. The van der Waals surface area contributed by atoms with Gasteiger partial charge in [-0.25, -0.2) is 0 Å². The van der Waals surface area contributed by atoms with Crippen LogP contribution >= 0.6 is 0 Å². The summed E-state index contributed by atoms with van der Waals surface area (Å²) >= 11 is 0. The molecular formula is C10H15NO2. The van der Waals surface area contributed by atoms with E-state index >= 15 is 0 Å². The van der Waals surface area contributed by atoms with Crippen LogP contribution in [0.5, 0.6) is 0 Å². The molecule has 0 radical (unpaired) electrons. The highest BCUT2D eigenvalue weighted by Gasteiger charge is 2.00. The lowest BCUT2D eigenvalue weighted by Gasteiger charge is -1.97. The Kier molecular flexibility index (Phi) is 3.55. The fourth-order valence-corrected chi connectivity index (χ4v) is 1.25. The summed E-state index contributed by atoms with van der Waals surface area (Å²) in [5.41, 5.74) is 1.27. The van der Waals surface area contributed by atoms with Crippen molar-refractivity contribution in [3.63, 3.8) is 0 Å². The van der Waals surface area contributed by atoms with Gasteiger partial charge < -0.3 is 9.30 Å². The zero-order valence-electron chi connectivity index (χ0n) is 8.12. The van der Waals surface area contributed by atoms with Crippen LogP contribution in [0.2, 0.25) is 0 Å². The Bertz CT molecular complexity index is 278. The van der Waals surface area contributed by atoms with Crippen molar-refractivity contribution in [1.29, 1.82) is 0 Å². The van der Waals surface area contributed by atoms with Crippen LogP contribution in [0.15, 0.2) is 18.5 Å². The lowest BCUT2D eigenvalue weighted by Crippen LogP contribution is -2.00. The molecule has 1 heterocycles. The van der Waals surface area contributed by atoms with Crippen LogP contribution in [0.3, 0.4) is 0 Å². The van der Waals surface area contributed by atoms with Gasteiger partial charge in [0, 0.05) is 25.9 Å². The Morgan fingerprint density at radius 2 is 2.38 bits per heavy atom. The number of hydrogen-bond donors (Lipinski definition) is 0. The van der Waals surface area contributed by atoms with E-state index in [9.17, 15) is 4.79 Å². The maximum Gasteiger partial charge on any atom is 0.305 e. The van der Waals surface area contributed by atoms with Gasteiger partial charge in [-0.15, -0.1) is 0 Å². The lowest BCUT2D eigenvalue weighted by molar-refractivity contribution is -0.140. The van der Waals surface area contributed by atoms with Gasteiger partial charge in [0.25, 0.3) is 0 Å². The lowest BCUT2D eigenvalue weighted by atomic mass is 10.1. The summed E-state index contributed by atoms with van der Waals surface area (Å²) in [6.07, 6.45) is 6.38. The van der Waals surface area contributed by atoms with Crippen molar-refractivity contribution in [3.05, 3.63) is 24.0 Å². The van der Waals surface area contributed by atoms with Crippen LogP contribution in [-0.4, -0.2) is 17.6 Å². The van der Waals surface area contributed by atoms with Crippen LogP contribution in [0.25, 0.3) is 0 Å². The van der Waals surface area contributed by atoms with E-state index in [1.807, 2.05) is 17.8 Å². The Balaban J connectivity index is 2.24. The van der Waals surface area contributed by atoms with Crippen molar-refractivity contribution in [2.45, 2.75) is 19.3 Å². The van der Waals surface area contributed by atoms with E-state index in [1.165, 1.54) is 12.7 Å². The number of carbonyl (C=O) groups excluding carboxylic acids is 1. The quantitative estimate of drug-likeness (QED) is 0.659. The molecule has 13 heavy (non-hydrogen) atoms. The average Bonchev–Trinajstić information content (AvgIpc) is 2.51. The van der Waals surface area contributed by atoms with E-state index in [1.54, 1.807) is 0 Å². The van der Waals surface area contributed by atoms with Gasteiger partial charge in [-0.05, 0) is 24.5 Å². The standard InChI is InChI=1S/C10H15NO2/c1-11-7-6-9(8-11)4-3-5-10(12)13-2/h6-8H,3-5H2,1-2H3. The second-order valence-electron chi connectivity index (χ2n) is 3.11. The van der Waals surface area contributed by atoms with Crippen LogP contribution in [0.1, 0.15) is 18.4 Å². The van der Waals surface area contributed by atoms with E-state index < -0.39 is 0 Å². The zero-order valence-corrected chi connectivity index (χ0v) is 8.12. The van der Waals surface area contributed by atoms with Crippen molar-refractivity contribution in [2.75, 3.05) is 7.11 Å². The van der Waals surface area contributed by atoms with E-state index in [-0.39, 0.29) is 5.97 Å². The van der Waals surface area contributed by atoms with E-state index in [0.29, 0.717) is 6.42 Å². The highest BCUT2D eigenvalue weighted by Crippen LogP contribution is 2.05. The van der Waals surface area contributed by atoms with Crippen molar-refractivity contribution >= 4 is 5.97 Å². The Labute approximate surface area is 78.3 Å². The van der Waals surface area contributed by atoms with E-state index in [2.05, 4.69) is 17.0 Å². The molecular weight excluding hydrogens is 166 g/mol. The monoisotopic (exact) mass is 181 g/mol. The third-order valence-electron chi connectivity index (χ3n) is 1.97. The van der Waals surface area contributed by atoms with Gasteiger partial charge in [0.15, 0.2) is 0 Å². The molecule has 0 atom stereocenters. The van der Waals surface area contributed by atoms with Crippen molar-refractivity contribution in [3.8, 4) is 0 Å². The molecule has 0 spiro atoms. The van der Waals surface area contributed by atoms with Crippen LogP contribution < -0.4 is 0 Å². The molecule has 3 nitrogen and oxygen atoms in total. The summed E-state index contributed by atoms with van der Waals surface area (Å²) in [5.74, 6) is -0.129. The number of carbonyl (C=O) groups is 1. The number of hydrogen-bond acceptors (Lipinski definition) is 2. The second-order valence-corrected chi connectivity index (χ2v) is 3.11. The molecule has 0 saturated heterocycles. The first kappa shape index (κ1) is 9.84.